The molecule has 0 unspecified atom stereocenters. The number of aromatic nitrogens is 1. The molecule has 0 radical (unpaired) electrons. The third-order valence-electron chi connectivity index (χ3n) is 8.07. The van der Waals surface area contributed by atoms with Gasteiger partial charge in [0.05, 0.1) is 0 Å². The van der Waals surface area contributed by atoms with Crippen LogP contribution in [0.5, 0.6) is 0 Å². The van der Waals surface area contributed by atoms with Gasteiger partial charge in [0, 0.05) is 24.5 Å². The number of amides is 3. The molecule has 47 heavy (non-hydrogen) atoms. The fourth-order valence-electron chi connectivity index (χ4n) is 5.97. The Balaban J connectivity index is 1.40. The number of alkyl carbamates (subject to hydrolysis) is 1. The van der Waals surface area contributed by atoms with Gasteiger partial charge in [-0.1, -0.05) is 66.7 Å². The molecule has 2 fully saturated rings. The first-order valence-electron chi connectivity index (χ1n) is 15.5. The van der Waals surface area contributed by atoms with E-state index in [2.05, 4.69) is 15.6 Å². The van der Waals surface area contributed by atoms with Crippen molar-refractivity contribution in [1.82, 2.24) is 20.5 Å². The Bertz CT molecular complexity index is 1680. The van der Waals surface area contributed by atoms with Gasteiger partial charge in [0.15, 0.2) is 12.1 Å². The van der Waals surface area contributed by atoms with Crippen LogP contribution >= 0.6 is 11.8 Å². The number of β-lactam (4-membered cyclic amide) rings is 1. The number of nitrogens with zero attached hydrogens (tertiary/aromatic N) is 2. The smallest absolute Gasteiger partial charge is 0.408 e. The van der Waals surface area contributed by atoms with E-state index in [9.17, 15) is 19.2 Å². The largest absolute Gasteiger partial charge is 0.451 e. The number of esters is 1. The summed E-state index contributed by atoms with van der Waals surface area (Å²) in [6, 6.07) is 20.4. The third kappa shape index (κ3) is 6.95. The first-order valence-corrected chi connectivity index (χ1v) is 16.4. The minimum absolute atomic E-state index is 0.213. The fourth-order valence-corrected chi connectivity index (χ4v) is 7.23. The van der Waals surface area contributed by atoms with E-state index in [1.54, 1.807) is 33.2 Å². The van der Waals surface area contributed by atoms with Gasteiger partial charge in [-0.15, -0.1) is 11.8 Å². The molecule has 0 aliphatic carbocycles. The molecular formula is C36H36N4O6S. The van der Waals surface area contributed by atoms with Gasteiger partial charge in [-0.2, -0.15) is 0 Å². The Hall–Kier alpha value is -4.90. The summed E-state index contributed by atoms with van der Waals surface area (Å²) < 4.78 is 11.7. The minimum atomic E-state index is -1.17. The minimum Gasteiger partial charge on any atom is -0.451 e. The topological polar surface area (TPSA) is 127 Å². The average molecular weight is 653 g/mol. The van der Waals surface area contributed by atoms with Gasteiger partial charge >= 0.3 is 12.1 Å². The number of hydrogen-bond acceptors (Lipinski definition) is 8. The van der Waals surface area contributed by atoms with Crippen molar-refractivity contribution in [3.05, 3.63) is 124 Å². The number of benzene rings is 2. The molecule has 0 saturated carbocycles. The Morgan fingerprint density at radius 3 is 2.28 bits per heavy atom. The van der Waals surface area contributed by atoms with E-state index in [4.69, 9.17) is 9.47 Å². The lowest BCUT2D eigenvalue weighted by atomic mass is 9.87. The van der Waals surface area contributed by atoms with Crippen molar-refractivity contribution in [1.29, 1.82) is 0 Å². The summed E-state index contributed by atoms with van der Waals surface area (Å²) in [6.07, 6.45) is 2.70. The maximum absolute atomic E-state index is 14.6. The summed E-state index contributed by atoms with van der Waals surface area (Å²) in [7, 11) is 0. The number of nitrogens with one attached hydrogen (secondary N) is 2. The van der Waals surface area contributed by atoms with Crippen molar-refractivity contribution in [2.45, 2.75) is 62.8 Å². The number of carbonyl (C=O) groups is 4. The summed E-state index contributed by atoms with van der Waals surface area (Å²) in [4.78, 5) is 59.9. The number of thioether (sulfide) groups is 1. The maximum atomic E-state index is 14.6. The van der Waals surface area contributed by atoms with Crippen LogP contribution in [-0.2, 0) is 30.3 Å². The molecule has 242 valence electrons. The van der Waals surface area contributed by atoms with Crippen LogP contribution in [0.3, 0.4) is 0 Å². The van der Waals surface area contributed by atoms with Crippen molar-refractivity contribution < 1.29 is 28.7 Å². The zero-order valence-corrected chi connectivity index (χ0v) is 27.2. The zero-order valence-electron chi connectivity index (χ0n) is 26.3. The van der Waals surface area contributed by atoms with E-state index in [1.165, 1.54) is 16.7 Å². The fraction of sp³-hybridized carbons (Fsp3) is 0.306. The Morgan fingerprint density at radius 1 is 1.02 bits per heavy atom. The van der Waals surface area contributed by atoms with Crippen LogP contribution in [0.2, 0.25) is 0 Å². The van der Waals surface area contributed by atoms with Gasteiger partial charge in [0.1, 0.15) is 17.0 Å². The molecule has 3 aliphatic heterocycles. The molecule has 2 aromatic carbocycles. The maximum Gasteiger partial charge on any atom is 0.408 e. The lowest BCUT2D eigenvalue weighted by Crippen LogP contribution is -2.74. The molecule has 0 bridgehead atoms. The van der Waals surface area contributed by atoms with Crippen LogP contribution in [0.15, 0.2) is 107 Å². The standard InChI is InChI=1S/C36H36N4O6S/c1-36(2,3)46-35(44)39-28-32(42)40-29(34(43)45-30(23-12-6-4-7-13-23)24-14-8-5-9-15-24)27(21-47-33(28)40)26(25-16-18-38-31(25)41)19-22-11-10-17-37-20-22/h4-15,17,20-21,28-30,33H,16,18-19H2,1-3H3,(H,38,41)(H,39,44)/t28-,29-,33-/m1/s1. The SMILES string of the molecule is CC(C)(C)OC(=O)N[C@@H]1C(=O)N2[C@@H](C(=O)OC(c3ccccc3)c3ccccc3)C(C(Cc3cccnc3)=C3CCNC3=O)=CS[C@H]12. The van der Waals surface area contributed by atoms with Crippen molar-refractivity contribution in [2.75, 3.05) is 6.54 Å². The first kappa shape index (κ1) is 32.1. The highest BCUT2D eigenvalue weighted by Crippen LogP contribution is 2.44. The molecule has 3 aromatic rings. The molecule has 4 heterocycles. The number of hydrogen-bond donors (Lipinski definition) is 2. The molecule has 6 rings (SSSR count). The van der Waals surface area contributed by atoms with Gasteiger partial charge in [-0.25, -0.2) is 9.59 Å². The number of rotatable bonds is 8. The lowest BCUT2D eigenvalue weighted by molar-refractivity contribution is -0.164. The Morgan fingerprint density at radius 2 is 1.70 bits per heavy atom. The monoisotopic (exact) mass is 652 g/mol. The summed E-state index contributed by atoms with van der Waals surface area (Å²) in [5, 5.41) is 6.80. The first-order chi connectivity index (χ1) is 22.6. The van der Waals surface area contributed by atoms with E-state index >= 15 is 0 Å². The van der Waals surface area contributed by atoms with Crippen LogP contribution in [-0.4, -0.2) is 63.4 Å². The normalized spacial score (nSPS) is 21.7. The molecule has 1 aromatic heterocycles. The summed E-state index contributed by atoms with van der Waals surface area (Å²) in [6.45, 7) is 5.69. The number of pyridine rings is 1. The number of carbonyl (C=O) groups excluding carboxylic acids is 4. The quantitative estimate of drug-likeness (QED) is 0.201. The molecule has 3 atom stereocenters. The molecule has 3 amide bonds. The van der Waals surface area contributed by atoms with Crippen molar-refractivity contribution >= 4 is 35.6 Å². The van der Waals surface area contributed by atoms with Crippen molar-refractivity contribution in [2.24, 2.45) is 0 Å². The predicted molar refractivity (Wildman–Crippen MR) is 177 cm³/mol. The van der Waals surface area contributed by atoms with Crippen LogP contribution < -0.4 is 10.6 Å². The highest BCUT2D eigenvalue weighted by molar-refractivity contribution is 8.03. The predicted octanol–water partition coefficient (Wildman–Crippen LogP) is 4.83. The second kappa shape index (κ2) is 13.4. The van der Waals surface area contributed by atoms with Crippen molar-refractivity contribution in [3.63, 3.8) is 0 Å². The lowest BCUT2D eigenvalue weighted by Gasteiger charge is -2.52. The highest BCUT2D eigenvalue weighted by atomic mass is 32.2. The number of fused-ring (bicyclic) bond motifs is 1. The van der Waals surface area contributed by atoms with Gasteiger partial charge in [0.2, 0.25) is 11.8 Å². The Kier molecular flexibility index (Phi) is 9.17. The molecular weight excluding hydrogens is 616 g/mol. The van der Waals surface area contributed by atoms with E-state index < -0.39 is 47.1 Å². The molecule has 10 nitrogen and oxygen atoms in total. The molecule has 2 saturated heterocycles. The second-order valence-corrected chi connectivity index (χ2v) is 13.5. The summed E-state index contributed by atoms with van der Waals surface area (Å²) in [5.74, 6) is -1.31. The molecule has 0 spiro atoms. The van der Waals surface area contributed by atoms with Gasteiger partial charge in [-0.3, -0.25) is 14.6 Å². The molecule has 11 heteroatoms. The van der Waals surface area contributed by atoms with Crippen LogP contribution in [0.25, 0.3) is 0 Å². The van der Waals surface area contributed by atoms with E-state index in [-0.39, 0.29) is 5.91 Å². The van der Waals surface area contributed by atoms with Crippen molar-refractivity contribution in [3.8, 4) is 0 Å². The van der Waals surface area contributed by atoms with Gasteiger partial charge < -0.3 is 25.0 Å². The molecule has 2 N–H and O–H groups in total. The van der Waals surface area contributed by atoms with Crippen LogP contribution in [0.1, 0.15) is 50.0 Å². The van der Waals surface area contributed by atoms with Crippen LogP contribution in [0.4, 0.5) is 4.79 Å². The number of ether oxygens (including phenoxy) is 2. The zero-order chi connectivity index (χ0) is 33.1. The molecule has 3 aliphatic rings. The van der Waals surface area contributed by atoms with E-state index in [1.807, 2.05) is 78.2 Å². The summed E-state index contributed by atoms with van der Waals surface area (Å²) >= 11 is 1.31. The summed E-state index contributed by atoms with van der Waals surface area (Å²) in [5.41, 5.74) is 3.33. The van der Waals surface area contributed by atoms with Gasteiger partial charge in [0.25, 0.3) is 0 Å². The second-order valence-electron chi connectivity index (χ2n) is 12.5. The van der Waals surface area contributed by atoms with E-state index in [0.717, 1.165) is 16.7 Å². The third-order valence-corrected chi connectivity index (χ3v) is 9.24. The van der Waals surface area contributed by atoms with Gasteiger partial charge in [-0.05, 0) is 72.9 Å². The average Bonchev–Trinajstić information content (AvgIpc) is 3.50. The Labute approximate surface area is 277 Å². The van der Waals surface area contributed by atoms with Crippen LogP contribution in [0, 0.1) is 0 Å². The highest BCUT2D eigenvalue weighted by Gasteiger charge is 2.57. The van der Waals surface area contributed by atoms with E-state index in [0.29, 0.717) is 36.1 Å².